The van der Waals surface area contributed by atoms with E-state index in [1.54, 1.807) is 0 Å². The van der Waals surface area contributed by atoms with Crippen LogP contribution in [0.25, 0.3) is 56.4 Å². The average molecular weight is 651 g/mol. The first kappa shape index (κ1) is 30.1. The molecule has 0 saturated heterocycles. The Labute approximate surface area is 297 Å². The van der Waals surface area contributed by atoms with E-state index >= 15 is 0 Å². The Hall–Kier alpha value is -6.96. The predicted octanol–water partition coefficient (Wildman–Crippen LogP) is 10.8. The third-order valence-corrected chi connectivity index (χ3v) is 9.85. The molecule has 7 aromatic carbocycles. The first-order valence-electron chi connectivity index (χ1n) is 17.0. The Balaban J connectivity index is 1.29. The summed E-state index contributed by atoms with van der Waals surface area (Å²) in [6, 6.07) is 65.2. The standard InChI is InChI=1S/C47H30N4/c48-31-32-25-27-33(28-26-32)36-17-11-19-38(29-36)47(42-23-9-7-21-40(42)41-22-8-10-24-43(41)47)39-20-12-18-37(30-39)46-50-44(34-13-3-1-4-14-34)49-45(51-46)35-15-5-2-6-16-35/h1-30H. The highest BCUT2D eigenvalue weighted by Crippen LogP contribution is 2.56. The summed E-state index contributed by atoms with van der Waals surface area (Å²) in [7, 11) is 0. The number of fused-ring (bicyclic) bond motifs is 3. The number of hydrogen-bond acceptors (Lipinski definition) is 4. The van der Waals surface area contributed by atoms with Crippen molar-refractivity contribution in [3.05, 3.63) is 210 Å². The van der Waals surface area contributed by atoms with Gasteiger partial charge in [0.05, 0.1) is 17.0 Å². The molecule has 0 fully saturated rings. The molecule has 0 spiro atoms. The lowest BCUT2D eigenvalue weighted by Crippen LogP contribution is -2.28. The Kier molecular flexibility index (Phi) is 7.38. The summed E-state index contributed by atoms with van der Waals surface area (Å²) >= 11 is 0. The van der Waals surface area contributed by atoms with Gasteiger partial charge >= 0.3 is 0 Å². The van der Waals surface area contributed by atoms with Gasteiger partial charge in [0, 0.05) is 16.7 Å². The molecule has 1 aromatic heterocycles. The minimum Gasteiger partial charge on any atom is -0.208 e. The quantitative estimate of drug-likeness (QED) is 0.180. The maximum Gasteiger partial charge on any atom is 0.164 e. The maximum atomic E-state index is 9.42. The van der Waals surface area contributed by atoms with Gasteiger partial charge in [-0.2, -0.15) is 5.26 Å². The van der Waals surface area contributed by atoms with E-state index in [4.69, 9.17) is 15.0 Å². The highest BCUT2D eigenvalue weighted by atomic mass is 15.0. The van der Waals surface area contributed by atoms with E-state index in [1.807, 2.05) is 84.9 Å². The van der Waals surface area contributed by atoms with Crippen LogP contribution in [0.3, 0.4) is 0 Å². The van der Waals surface area contributed by atoms with Crippen molar-refractivity contribution in [3.8, 4) is 62.5 Å². The molecule has 51 heavy (non-hydrogen) atoms. The topological polar surface area (TPSA) is 62.5 Å². The van der Waals surface area contributed by atoms with Gasteiger partial charge in [0.1, 0.15) is 0 Å². The van der Waals surface area contributed by atoms with Crippen LogP contribution >= 0.6 is 0 Å². The van der Waals surface area contributed by atoms with E-state index in [1.165, 1.54) is 22.3 Å². The molecule has 0 amide bonds. The molecule has 0 radical (unpaired) electrons. The maximum absolute atomic E-state index is 9.42. The zero-order valence-electron chi connectivity index (χ0n) is 27.6. The molecule has 1 aliphatic carbocycles. The van der Waals surface area contributed by atoms with Crippen molar-refractivity contribution in [2.75, 3.05) is 0 Å². The number of nitrogens with zero attached hydrogens (tertiary/aromatic N) is 4. The van der Waals surface area contributed by atoms with Gasteiger partial charge in [0.15, 0.2) is 17.5 Å². The van der Waals surface area contributed by atoms with Gasteiger partial charge in [-0.1, -0.05) is 158 Å². The number of rotatable bonds is 6. The highest BCUT2D eigenvalue weighted by molar-refractivity contribution is 5.87. The van der Waals surface area contributed by atoms with Gasteiger partial charge in [0.2, 0.25) is 0 Å². The summed E-state index contributed by atoms with van der Waals surface area (Å²) in [6.07, 6.45) is 0. The molecule has 238 valence electrons. The fourth-order valence-corrected chi connectivity index (χ4v) is 7.52. The van der Waals surface area contributed by atoms with E-state index < -0.39 is 5.41 Å². The Morgan fingerprint density at radius 2 is 0.804 bits per heavy atom. The molecule has 8 aromatic rings. The van der Waals surface area contributed by atoms with Crippen molar-refractivity contribution in [1.82, 2.24) is 15.0 Å². The van der Waals surface area contributed by atoms with Crippen molar-refractivity contribution in [2.45, 2.75) is 5.41 Å². The van der Waals surface area contributed by atoms with E-state index in [-0.39, 0.29) is 0 Å². The van der Waals surface area contributed by atoms with Gasteiger partial charge < -0.3 is 0 Å². The van der Waals surface area contributed by atoms with Gasteiger partial charge in [-0.25, -0.2) is 15.0 Å². The first-order chi connectivity index (χ1) is 25.2. The lowest BCUT2D eigenvalue weighted by atomic mass is 9.67. The molecular formula is C47H30N4. The van der Waals surface area contributed by atoms with Crippen molar-refractivity contribution < 1.29 is 0 Å². The Morgan fingerprint density at radius 1 is 0.373 bits per heavy atom. The zero-order valence-corrected chi connectivity index (χ0v) is 27.6. The van der Waals surface area contributed by atoms with E-state index in [0.717, 1.165) is 38.9 Å². The SMILES string of the molecule is N#Cc1ccc(-c2cccc(C3(c4cccc(-c5nc(-c6ccccc6)nc(-c6ccccc6)n5)c4)c4ccccc4-c4ccccc43)c2)cc1. The minimum absolute atomic E-state index is 0.616. The molecule has 0 aliphatic heterocycles. The number of hydrogen-bond donors (Lipinski definition) is 0. The molecule has 1 heterocycles. The van der Waals surface area contributed by atoms with E-state index in [2.05, 4.69) is 103 Å². The third kappa shape index (κ3) is 5.12. The summed E-state index contributed by atoms with van der Waals surface area (Å²) in [5, 5.41) is 9.42. The van der Waals surface area contributed by atoms with Crippen molar-refractivity contribution in [1.29, 1.82) is 5.26 Å². The highest BCUT2D eigenvalue weighted by Gasteiger charge is 2.46. The third-order valence-electron chi connectivity index (χ3n) is 9.85. The van der Waals surface area contributed by atoms with Crippen molar-refractivity contribution in [3.63, 3.8) is 0 Å². The molecule has 0 atom stereocenters. The molecule has 4 nitrogen and oxygen atoms in total. The number of benzene rings is 7. The fraction of sp³-hybridized carbons (Fsp3) is 0.0213. The van der Waals surface area contributed by atoms with Gasteiger partial charge in [-0.15, -0.1) is 0 Å². The molecule has 4 heteroatoms. The predicted molar refractivity (Wildman–Crippen MR) is 204 cm³/mol. The normalized spacial score (nSPS) is 12.5. The van der Waals surface area contributed by atoms with Crippen molar-refractivity contribution >= 4 is 0 Å². The van der Waals surface area contributed by atoms with Gasteiger partial charge in [-0.05, 0) is 68.8 Å². The summed E-state index contributed by atoms with van der Waals surface area (Å²) in [5.74, 6) is 1.88. The van der Waals surface area contributed by atoms with Crippen LogP contribution < -0.4 is 0 Å². The van der Waals surface area contributed by atoms with Crippen LogP contribution in [-0.2, 0) is 5.41 Å². The lowest BCUT2D eigenvalue weighted by molar-refractivity contribution is 0.769. The molecule has 0 unspecified atom stereocenters. The molecule has 1 aliphatic rings. The number of nitriles is 1. The van der Waals surface area contributed by atoms with Crippen LogP contribution in [0.2, 0.25) is 0 Å². The smallest absolute Gasteiger partial charge is 0.164 e. The molecule has 0 bridgehead atoms. The average Bonchev–Trinajstić information content (AvgIpc) is 3.53. The number of aromatic nitrogens is 3. The Morgan fingerprint density at radius 3 is 1.33 bits per heavy atom. The van der Waals surface area contributed by atoms with Crippen LogP contribution in [0.5, 0.6) is 0 Å². The van der Waals surface area contributed by atoms with Crippen LogP contribution in [0.4, 0.5) is 0 Å². The van der Waals surface area contributed by atoms with Crippen LogP contribution in [0.15, 0.2) is 182 Å². The van der Waals surface area contributed by atoms with E-state index in [9.17, 15) is 5.26 Å². The van der Waals surface area contributed by atoms with Gasteiger partial charge in [0.25, 0.3) is 0 Å². The molecule has 0 saturated carbocycles. The second-order valence-electron chi connectivity index (χ2n) is 12.7. The molecule has 9 rings (SSSR count). The summed E-state index contributed by atoms with van der Waals surface area (Å²) in [6.45, 7) is 0. The van der Waals surface area contributed by atoms with E-state index in [0.29, 0.717) is 23.0 Å². The second-order valence-corrected chi connectivity index (χ2v) is 12.7. The van der Waals surface area contributed by atoms with Crippen LogP contribution in [0, 0.1) is 11.3 Å². The first-order valence-corrected chi connectivity index (χ1v) is 17.0. The van der Waals surface area contributed by atoms with Crippen molar-refractivity contribution in [2.24, 2.45) is 0 Å². The zero-order chi connectivity index (χ0) is 34.2. The summed E-state index contributed by atoms with van der Waals surface area (Å²) < 4.78 is 0. The molecule has 0 N–H and O–H groups in total. The molecular weight excluding hydrogens is 621 g/mol. The minimum atomic E-state index is -0.622. The van der Waals surface area contributed by atoms with Gasteiger partial charge in [-0.3, -0.25) is 0 Å². The fourth-order valence-electron chi connectivity index (χ4n) is 7.52. The largest absolute Gasteiger partial charge is 0.208 e. The van der Waals surface area contributed by atoms with Crippen LogP contribution in [0.1, 0.15) is 27.8 Å². The summed E-state index contributed by atoms with van der Waals surface area (Å²) in [4.78, 5) is 15.1. The Bertz CT molecular complexity index is 2480. The monoisotopic (exact) mass is 650 g/mol. The second kappa shape index (κ2) is 12.5. The summed E-state index contributed by atoms with van der Waals surface area (Å²) in [5.41, 5.74) is 12.1. The van der Waals surface area contributed by atoms with Crippen LogP contribution in [-0.4, -0.2) is 15.0 Å². The lowest BCUT2D eigenvalue weighted by Gasteiger charge is -2.34.